The first-order valence-corrected chi connectivity index (χ1v) is 10.3. The van der Waals surface area contributed by atoms with Gasteiger partial charge in [-0.1, -0.05) is 58.9 Å². The van der Waals surface area contributed by atoms with Crippen LogP contribution in [-0.4, -0.2) is 29.2 Å². The maximum Gasteiger partial charge on any atom is 0.338 e. The topological polar surface area (TPSA) is 63.7 Å². The fraction of sp³-hybridized carbons (Fsp3) is 0.400. The van der Waals surface area contributed by atoms with Gasteiger partial charge in [0.25, 0.3) is 11.8 Å². The minimum Gasteiger partial charge on any atom is -0.457 e. The molecular weight excluding hydrogens is 378 g/mol. The summed E-state index contributed by atoms with van der Waals surface area (Å²) >= 11 is 0. The van der Waals surface area contributed by atoms with Crippen molar-refractivity contribution in [2.75, 3.05) is 6.54 Å². The summed E-state index contributed by atoms with van der Waals surface area (Å²) in [5, 5.41) is 0. The third-order valence-electron chi connectivity index (χ3n) is 5.33. The largest absolute Gasteiger partial charge is 0.457 e. The summed E-state index contributed by atoms with van der Waals surface area (Å²) in [5.74, 6) is -0.770. The highest BCUT2D eigenvalue weighted by Crippen LogP contribution is 2.26. The molecule has 0 bridgehead atoms. The average Bonchev–Trinajstić information content (AvgIpc) is 2.93. The summed E-state index contributed by atoms with van der Waals surface area (Å²) in [4.78, 5) is 38.9. The van der Waals surface area contributed by atoms with Crippen LogP contribution in [0.15, 0.2) is 42.5 Å². The maximum atomic E-state index is 12.6. The van der Waals surface area contributed by atoms with Crippen LogP contribution in [0.25, 0.3) is 0 Å². The highest BCUT2D eigenvalue weighted by molar-refractivity contribution is 6.21. The van der Waals surface area contributed by atoms with Crippen LogP contribution in [0.4, 0.5) is 0 Å². The van der Waals surface area contributed by atoms with Crippen LogP contribution >= 0.6 is 0 Å². The molecule has 0 atom stereocenters. The van der Waals surface area contributed by atoms with Gasteiger partial charge in [0.2, 0.25) is 0 Å². The van der Waals surface area contributed by atoms with E-state index in [2.05, 4.69) is 20.8 Å². The van der Waals surface area contributed by atoms with Gasteiger partial charge in [-0.15, -0.1) is 0 Å². The Morgan fingerprint density at radius 1 is 0.967 bits per heavy atom. The first-order valence-electron chi connectivity index (χ1n) is 10.3. The van der Waals surface area contributed by atoms with Crippen molar-refractivity contribution in [3.05, 3.63) is 70.3 Å². The first-order chi connectivity index (χ1) is 14.1. The summed E-state index contributed by atoms with van der Waals surface area (Å²) in [7, 11) is 0. The number of fused-ring (bicyclic) bond motifs is 1. The van der Waals surface area contributed by atoms with Crippen LogP contribution in [0.1, 0.15) is 83.2 Å². The number of esters is 1. The van der Waals surface area contributed by atoms with E-state index in [0.717, 1.165) is 12.0 Å². The standard InChI is InChI=1S/C25H29NO4/c1-16(2)12-13-26-22(27)20-11-8-18(14-21(20)23(26)28)24(29)30-15-17-6-9-19(10-7-17)25(3,4)5/h6-11,14,16H,12-13,15H2,1-5H3. The summed E-state index contributed by atoms with van der Waals surface area (Å²) in [6.07, 6.45) is 0.744. The van der Waals surface area contributed by atoms with Gasteiger partial charge in [0.05, 0.1) is 16.7 Å². The molecule has 158 valence electrons. The van der Waals surface area contributed by atoms with Gasteiger partial charge in [0.1, 0.15) is 6.61 Å². The molecule has 0 saturated carbocycles. The zero-order valence-corrected chi connectivity index (χ0v) is 18.3. The van der Waals surface area contributed by atoms with E-state index in [0.29, 0.717) is 18.0 Å². The minimum absolute atomic E-state index is 0.0621. The summed E-state index contributed by atoms with van der Waals surface area (Å²) in [6.45, 7) is 11.1. The van der Waals surface area contributed by atoms with Crippen LogP contribution in [0.5, 0.6) is 0 Å². The van der Waals surface area contributed by atoms with Crippen molar-refractivity contribution >= 4 is 17.8 Å². The molecule has 0 spiro atoms. The Morgan fingerprint density at radius 2 is 1.60 bits per heavy atom. The number of benzene rings is 2. The molecule has 1 aliphatic rings. The summed E-state index contributed by atoms with van der Waals surface area (Å²) in [6, 6.07) is 12.5. The predicted molar refractivity (Wildman–Crippen MR) is 116 cm³/mol. The lowest BCUT2D eigenvalue weighted by atomic mass is 9.87. The number of amides is 2. The monoisotopic (exact) mass is 407 g/mol. The lowest BCUT2D eigenvalue weighted by molar-refractivity contribution is 0.0472. The van der Waals surface area contributed by atoms with Gasteiger partial charge >= 0.3 is 5.97 Å². The number of imide groups is 1. The Hall–Kier alpha value is -2.95. The SMILES string of the molecule is CC(C)CCN1C(=O)c2ccc(C(=O)OCc3ccc(C(C)(C)C)cc3)cc2C1=O. The molecule has 5 heteroatoms. The number of rotatable bonds is 6. The number of hydrogen-bond acceptors (Lipinski definition) is 4. The fourth-order valence-electron chi connectivity index (χ4n) is 3.34. The van der Waals surface area contributed by atoms with Gasteiger partial charge in [0, 0.05) is 6.54 Å². The summed E-state index contributed by atoms with van der Waals surface area (Å²) < 4.78 is 5.42. The average molecular weight is 408 g/mol. The Morgan fingerprint density at radius 3 is 2.20 bits per heavy atom. The maximum absolute atomic E-state index is 12.6. The second-order valence-electron chi connectivity index (χ2n) is 9.23. The van der Waals surface area contributed by atoms with Crippen LogP contribution in [0, 0.1) is 5.92 Å². The third kappa shape index (κ3) is 4.61. The number of carbonyl (C=O) groups is 3. The Bertz CT molecular complexity index is 968. The molecule has 0 unspecified atom stereocenters. The van der Waals surface area contributed by atoms with Crippen molar-refractivity contribution in [2.24, 2.45) is 5.92 Å². The molecule has 0 saturated heterocycles. The molecule has 0 aromatic heterocycles. The number of carbonyl (C=O) groups excluding carboxylic acids is 3. The molecule has 2 aromatic rings. The zero-order chi connectivity index (χ0) is 22.1. The Kier molecular flexibility index (Phi) is 6.11. The van der Waals surface area contributed by atoms with E-state index in [9.17, 15) is 14.4 Å². The molecule has 0 N–H and O–H groups in total. The molecule has 0 fully saturated rings. The molecule has 0 radical (unpaired) electrons. The lowest BCUT2D eigenvalue weighted by Crippen LogP contribution is -2.31. The van der Waals surface area contributed by atoms with Crippen molar-refractivity contribution in [2.45, 2.75) is 53.1 Å². The highest BCUT2D eigenvalue weighted by Gasteiger charge is 2.35. The molecule has 5 nitrogen and oxygen atoms in total. The van der Waals surface area contributed by atoms with Gasteiger partial charge in [-0.05, 0) is 47.1 Å². The van der Waals surface area contributed by atoms with E-state index >= 15 is 0 Å². The quantitative estimate of drug-likeness (QED) is 0.500. The van der Waals surface area contributed by atoms with Crippen LogP contribution < -0.4 is 0 Å². The fourth-order valence-corrected chi connectivity index (χ4v) is 3.34. The molecule has 2 aromatic carbocycles. The number of hydrogen-bond donors (Lipinski definition) is 0. The van der Waals surface area contributed by atoms with Crippen LogP contribution in [0.3, 0.4) is 0 Å². The highest BCUT2D eigenvalue weighted by atomic mass is 16.5. The predicted octanol–water partition coefficient (Wildman–Crippen LogP) is 4.98. The van der Waals surface area contributed by atoms with Crippen LogP contribution in [-0.2, 0) is 16.8 Å². The first kappa shape index (κ1) is 21.8. The second-order valence-corrected chi connectivity index (χ2v) is 9.23. The van der Waals surface area contributed by atoms with Crippen molar-refractivity contribution in [3.63, 3.8) is 0 Å². The molecule has 1 heterocycles. The van der Waals surface area contributed by atoms with Gasteiger partial charge in [-0.2, -0.15) is 0 Å². The normalized spacial score (nSPS) is 13.7. The van der Waals surface area contributed by atoms with Gasteiger partial charge < -0.3 is 4.74 Å². The van der Waals surface area contributed by atoms with Crippen molar-refractivity contribution in [3.8, 4) is 0 Å². The number of nitrogens with zero attached hydrogens (tertiary/aromatic N) is 1. The van der Waals surface area contributed by atoms with E-state index in [1.165, 1.54) is 16.5 Å². The van der Waals surface area contributed by atoms with Gasteiger partial charge in [0.15, 0.2) is 0 Å². The summed E-state index contributed by atoms with van der Waals surface area (Å²) in [5.41, 5.74) is 3.05. The number of ether oxygens (including phenoxy) is 1. The lowest BCUT2D eigenvalue weighted by Gasteiger charge is -2.19. The van der Waals surface area contributed by atoms with Crippen molar-refractivity contribution < 1.29 is 19.1 Å². The Labute approximate surface area is 178 Å². The van der Waals surface area contributed by atoms with Crippen molar-refractivity contribution in [1.29, 1.82) is 0 Å². The van der Waals surface area contributed by atoms with E-state index < -0.39 is 5.97 Å². The molecule has 1 aliphatic heterocycles. The van der Waals surface area contributed by atoms with E-state index in [1.54, 1.807) is 12.1 Å². The molecular formula is C25H29NO4. The van der Waals surface area contributed by atoms with Gasteiger partial charge in [-0.25, -0.2) is 4.79 Å². The van der Waals surface area contributed by atoms with Crippen molar-refractivity contribution in [1.82, 2.24) is 4.90 Å². The van der Waals surface area contributed by atoms with Gasteiger partial charge in [-0.3, -0.25) is 14.5 Å². The second kappa shape index (κ2) is 8.42. The zero-order valence-electron chi connectivity index (χ0n) is 18.3. The van der Waals surface area contributed by atoms with E-state index in [-0.39, 0.29) is 35.0 Å². The minimum atomic E-state index is -0.515. The molecule has 0 aliphatic carbocycles. The van der Waals surface area contributed by atoms with E-state index in [4.69, 9.17) is 4.74 Å². The molecule has 2 amide bonds. The van der Waals surface area contributed by atoms with Crippen LogP contribution in [0.2, 0.25) is 0 Å². The molecule has 30 heavy (non-hydrogen) atoms. The van der Waals surface area contributed by atoms with E-state index in [1.807, 2.05) is 38.1 Å². The Balaban J connectivity index is 1.67. The third-order valence-corrected chi connectivity index (χ3v) is 5.33. The molecule has 3 rings (SSSR count). The smallest absolute Gasteiger partial charge is 0.338 e.